The number of nitrogens with zero attached hydrogens (tertiary/aromatic N) is 4. The second-order valence-corrected chi connectivity index (χ2v) is 7.44. The molecule has 1 aliphatic heterocycles. The Morgan fingerprint density at radius 2 is 1.96 bits per heavy atom. The van der Waals surface area contributed by atoms with Gasteiger partial charge >= 0.3 is 6.09 Å². The summed E-state index contributed by atoms with van der Waals surface area (Å²) in [5.41, 5.74) is 1.91. The van der Waals surface area contributed by atoms with Crippen molar-refractivity contribution in [2.24, 2.45) is 0 Å². The van der Waals surface area contributed by atoms with Crippen molar-refractivity contribution in [3.63, 3.8) is 0 Å². The molecule has 3 rings (SSSR count). The summed E-state index contributed by atoms with van der Waals surface area (Å²) in [5.74, 6) is 0.642. The molecule has 0 spiro atoms. The van der Waals surface area contributed by atoms with Crippen molar-refractivity contribution in [1.29, 1.82) is 0 Å². The molecule has 0 N–H and O–H groups in total. The molecule has 0 bridgehead atoms. The Morgan fingerprint density at radius 1 is 1.24 bits per heavy atom. The number of fused-ring (bicyclic) bond motifs is 1. The van der Waals surface area contributed by atoms with Gasteiger partial charge < -0.3 is 9.30 Å². The summed E-state index contributed by atoms with van der Waals surface area (Å²) in [6, 6.07) is 10.5. The molecule has 134 valence electrons. The molecule has 0 unspecified atom stereocenters. The fourth-order valence-electron chi connectivity index (χ4n) is 2.98. The van der Waals surface area contributed by atoms with Gasteiger partial charge in [0.2, 0.25) is 5.95 Å². The summed E-state index contributed by atoms with van der Waals surface area (Å²) in [7, 11) is 1.71. The lowest BCUT2D eigenvalue weighted by Gasteiger charge is -2.30. The van der Waals surface area contributed by atoms with E-state index in [1.54, 1.807) is 7.05 Å². The highest BCUT2D eigenvalue weighted by Crippen LogP contribution is 2.22. The second kappa shape index (κ2) is 6.88. The number of anilines is 1. The van der Waals surface area contributed by atoms with E-state index in [9.17, 15) is 4.79 Å². The molecule has 0 radical (unpaired) electrons. The van der Waals surface area contributed by atoms with Crippen molar-refractivity contribution in [2.75, 3.05) is 18.5 Å². The first kappa shape index (κ1) is 17.5. The molecule has 6 heteroatoms. The molecule has 1 aliphatic rings. The van der Waals surface area contributed by atoms with E-state index in [2.05, 4.69) is 38.7 Å². The summed E-state index contributed by atoms with van der Waals surface area (Å²) in [6.07, 6.45) is 1.47. The zero-order chi connectivity index (χ0) is 18.0. The molecule has 0 saturated heterocycles. The average molecular weight is 342 g/mol. The van der Waals surface area contributed by atoms with Crippen molar-refractivity contribution in [2.45, 2.75) is 46.0 Å². The number of carbonyl (C=O) groups is 1. The minimum Gasteiger partial charge on any atom is -0.443 e. The minimum atomic E-state index is -0.519. The Hall–Kier alpha value is -2.34. The first-order chi connectivity index (χ1) is 11.8. The van der Waals surface area contributed by atoms with E-state index in [1.807, 2.05) is 33.0 Å². The van der Waals surface area contributed by atoms with Crippen LogP contribution in [0.1, 0.15) is 32.0 Å². The quantitative estimate of drug-likeness (QED) is 0.859. The average Bonchev–Trinajstić information content (AvgIpc) is 2.96. The molecule has 25 heavy (non-hydrogen) atoms. The third-order valence-corrected chi connectivity index (χ3v) is 4.16. The smallest absolute Gasteiger partial charge is 0.416 e. The van der Waals surface area contributed by atoms with Gasteiger partial charge in [-0.1, -0.05) is 30.3 Å². The van der Waals surface area contributed by atoms with Crippen LogP contribution in [0.4, 0.5) is 10.7 Å². The molecule has 1 aromatic carbocycles. The topological polar surface area (TPSA) is 50.6 Å². The van der Waals surface area contributed by atoms with Crippen LogP contribution in [0.5, 0.6) is 0 Å². The Morgan fingerprint density at radius 3 is 2.64 bits per heavy atom. The number of rotatable bonds is 3. The molecule has 6 nitrogen and oxygen atoms in total. The number of aromatic nitrogens is 2. The first-order valence-corrected chi connectivity index (χ1v) is 8.61. The highest BCUT2D eigenvalue weighted by Gasteiger charge is 2.26. The molecule has 0 aliphatic carbocycles. The van der Waals surface area contributed by atoms with Crippen LogP contribution >= 0.6 is 0 Å². The standard InChI is InChI=1S/C19H26N4O2/c1-19(2,3)25-18(24)21(4)17-20-12-16-14-22(10-11-23(16)17)13-15-8-6-5-7-9-15/h5-9,12H,10-11,13-14H2,1-4H3. The lowest BCUT2D eigenvalue weighted by molar-refractivity contribution is 0.0585. The van der Waals surface area contributed by atoms with Crippen molar-refractivity contribution >= 4 is 12.0 Å². The van der Waals surface area contributed by atoms with Gasteiger partial charge in [-0.25, -0.2) is 9.78 Å². The van der Waals surface area contributed by atoms with Crippen molar-refractivity contribution in [1.82, 2.24) is 14.5 Å². The minimum absolute atomic E-state index is 0.382. The number of ether oxygens (including phenoxy) is 1. The molecule has 1 amide bonds. The maximum Gasteiger partial charge on any atom is 0.416 e. The van der Waals surface area contributed by atoms with E-state index in [-0.39, 0.29) is 6.09 Å². The largest absolute Gasteiger partial charge is 0.443 e. The van der Waals surface area contributed by atoms with E-state index in [0.29, 0.717) is 5.95 Å². The first-order valence-electron chi connectivity index (χ1n) is 8.61. The monoisotopic (exact) mass is 342 g/mol. The Bertz CT molecular complexity index is 734. The third kappa shape index (κ3) is 4.20. The third-order valence-electron chi connectivity index (χ3n) is 4.16. The maximum absolute atomic E-state index is 12.3. The predicted octanol–water partition coefficient (Wildman–Crippen LogP) is 3.27. The number of benzene rings is 1. The number of imidazole rings is 1. The van der Waals surface area contributed by atoms with Crippen LogP contribution in [0.3, 0.4) is 0 Å². The molecule has 2 heterocycles. The van der Waals surface area contributed by atoms with Gasteiger partial charge in [0, 0.05) is 33.2 Å². The van der Waals surface area contributed by atoms with Gasteiger partial charge in [-0.2, -0.15) is 0 Å². The number of hydrogen-bond acceptors (Lipinski definition) is 4. The van der Waals surface area contributed by atoms with E-state index < -0.39 is 5.60 Å². The van der Waals surface area contributed by atoms with Crippen LogP contribution in [0, 0.1) is 0 Å². The van der Waals surface area contributed by atoms with Gasteiger partial charge in [0.05, 0.1) is 11.9 Å². The van der Waals surface area contributed by atoms with E-state index in [1.165, 1.54) is 10.5 Å². The highest BCUT2D eigenvalue weighted by molar-refractivity contribution is 5.85. The molecule has 2 aromatic rings. The van der Waals surface area contributed by atoms with Crippen LogP contribution in [0.15, 0.2) is 36.5 Å². The zero-order valence-electron chi connectivity index (χ0n) is 15.4. The summed E-state index contributed by atoms with van der Waals surface area (Å²) in [5, 5.41) is 0. The molecule has 1 aromatic heterocycles. The van der Waals surface area contributed by atoms with Crippen LogP contribution in [0.2, 0.25) is 0 Å². The lowest BCUT2D eigenvalue weighted by atomic mass is 10.2. The molecule has 0 atom stereocenters. The Kier molecular flexibility index (Phi) is 4.81. The maximum atomic E-state index is 12.3. The van der Waals surface area contributed by atoms with Crippen LogP contribution in [-0.2, 0) is 24.4 Å². The van der Waals surface area contributed by atoms with E-state index in [0.717, 1.165) is 31.9 Å². The number of amides is 1. The second-order valence-electron chi connectivity index (χ2n) is 7.44. The van der Waals surface area contributed by atoms with Crippen molar-refractivity contribution < 1.29 is 9.53 Å². The van der Waals surface area contributed by atoms with Gasteiger partial charge in [0.25, 0.3) is 0 Å². The summed E-state index contributed by atoms with van der Waals surface area (Å²) in [6.45, 7) is 9.06. The summed E-state index contributed by atoms with van der Waals surface area (Å²) in [4.78, 5) is 20.6. The van der Waals surface area contributed by atoms with E-state index >= 15 is 0 Å². The highest BCUT2D eigenvalue weighted by atomic mass is 16.6. The van der Waals surface area contributed by atoms with Gasteiger partial charge in [0.1, 0.15) is 5.60 Å². The van der Waals surface area contributed by atoms with Crippen LogP contribution < -0.4 is 4.90 Å². The summed E-state index contributed by atoms with van der Waals surface area (Å²) >= 11 is 0. The van der Waals surface area contributed by atoms with Crippen LogP contribution in [0.25, 0.3) is 0 Å². The van der Waals surface area contributed by atoms with E-state index in [4.69, 9.17) is 4.74 Å². The Balaban J connectivity index is 1.69. The summed E-state index contributed by atoms with van der Waals surface area (Å²) < 4.78 is 7.54. The molecular formula is C19H26N4O2. The molecule has 0 fully saturated rings. The van der Waals surface area contributed by atoms with Crippen molar-refractivity contribution in [3.05, 3.63) is 47.8 Å². The van der Waals surface area contributed by atoms with Crippen LogP contribution in [-0.4, -0.2) is 39.7 Å². The Labute approximate surface area is 149 Å². The van der Waals surface area contributed by atoms with Gasteiger partial charge in [-0.15, -0.1) is 0 Å². The molecule has 0 saturated carbocycles. The van der Waals surface area contributed by atoms with Crippen molar-refractivity contribution in [3.8, 4) is 0 Å². The molecular weight excluding hydrogens is 316 g/mol. The lowest BCUT2D eigenvalue weighted by Crippen LogP contribution is -2.38. The normalized spacial score (nSPS) is 14.9. The predicted molar refractivity (Wildman–Crippen MR) is 97.4 cm³/mol. The zero-order valence-corrected chi connectivity index (χ0v) is 15.4. The fraction of sp³-hybridized carbons (Fsp3) is 0.474. The number of carbonyl (C=O) groups excluding carboxylic acids is 1. The fourth-order valence-corrected chi connectivity index (χ4v) is 2.98. The van der Waals surface area contributed by atoms with Gasteiger partial charge in [-0.05, 0) is 26.3 Å². The SMILES string of the molecule is CN(C(=O)OC(C)(C)C)c1ncc2n1CCN(Cc1ccccc1)C2. The van der Waals surface area contributed by atoms with Gasteiger partial charge in [-0.3, -0.25) is 9.80 Å². The van der Waals surface area contributed by atoms with Gasteiger partial charge in [0.15, 0.2) is 0 Å². The number of hydrogen-bond donors (Lipinski definition) is 0.